The second-order valence-electron chi connectivity index (χ2n) is 6.71. The van der Waals surface area contributed by atoms with E-state index in [0.717, 1.165) is 0 Å². The molecule has 1 fully saturated rings. The monoisotopic (exact) mass is 246 g/mol. The standard InChI is InChI=1S/C16H22O2/c1-15(2,3)12-8-6-11(7-9-12)13-10-14(17)18-16(13,4)5/h6-9,13H,10H2,1-5H3. The second kappa shape index (κ2) is 4.11. The van der Waals surface area contributed by atoms with Crippen LogP contribution in [0.1, 0.15) is 58.1 Å². The highest BCUT2D eigenvalue weighted by molar-refractivity contribution is 5.74. The van der Waals surface area contributed by atoms with Crippen molar-refractivity contribution in [1.82, 2.24) is 0 Å². The molecule has 0 amide bonds. The topological polar surface area (TPSA) is 26.3 Å². The van der Waals surface area contributed by atoms with Crippen molar-refractivity contribution in [1.29, 1.82) is 0 Å². The molecule has 1 saturated heterocycles. The number of carbonyl (C=O) groups excluding carboxylic acids is 1. The molecule has 1 aliphatic heterocycles. The van der Waals surface area contributed by atoms with Crippen LogP contribution < -0.4 is 0 Å². The summed E-state index contributed by atoms with van der Waals surface area (Å²) in [6.07, 6.45) is 0.488. The summed E-state index contributed by atoms with van der Waals surface area (Å²) in [6, 6.07) is 8.59. The normalized spacial score (nSPS) is 22.9. The minimum atomic E-state index is -0.389. The van der Waals surface area contributed by atoms with Crippen molar-refractivity contribution in [3.05, 3.63) is 35.4 Å². The van der Waals surface area contributed by atoms with E-state index in [0.29, 0.717) is 6.42 Å². The van der Waals surface area contributed by atoms with E-state index in [2.05, 4.69) is 45.0 Å². The molecule has 18 heavy (non-hydrogen) atoms. The number of cyclic esters (lactones) is 1. The maximum atomic E-state index is 11.4. The molecular formula is C16H22O2. The van der Waals surface area contributed by atoms with E-state index >= 15 is 0 Å². The van der Waals surface area contributed by atoms with E-state index in [1.807, 2.05) is 13.8 Å². The van der Waals surface area contributed by atoms with Crippen molar-refractivity contribution < 1.29 is 9.53 Å². The Kier molecular flexibility index (Phi) is 3.00. The highest BCUT2D eigenvalue weighted by Gasteiger charge is 2.42. The molecule has 0 spiro atoms. The van der Waals surface area contributed by atoms with Gasteiger partial charge in [-0.1, -0.05) is 45.0 Å². The zero-order chi connectivity index (χ0) is 13.6. The Morgan fingerprint density at radius 3 is 2.11 bits per heavy atom. The van der Waals surface area contributed by atoms with Crippen LogP contribution >= 0.6 is 0 Å². The van der Waals surface area contributed by atoms with Crippen molar-refractivity contribution in [2.45, 2.75) is 58.0 Å². The second-order valence-corrected chi connectivity index (χ2v) is 6.71. The van der Waals surface area contributed by atoms with Crippen LogP contribution in [0.4, 0.5) is 0 Å². The van der Waals surface area contributed by atoms with Crippen LogP contribution in [-0.2, 0) is 14.9 Å². The highest BCUT2D eigenvalue weighted by atomic mass is 16.6. The first-order valence-corrected chi connectivity index (χ1v) is 6.52. The fraction of sp³-hybridized carbons (Fsp3) is 0.562. The first kappa shape index (κ1) is 13.1. The summed E-state index contributed by atoms with van der Waals surface area (Å²) < 4.78 is 5.37. The molecule has 0 aromatic heterocycles. The summed E-state index contributed by atoms with van der Waals surface area (Å²) in [7, 11) is 0. The number of carbonyl (C=O) groups is 1. The van der Waals surface area contributed by atoms with E-state index in [9.17, 15) is 4.79 Å². The Balaban J connectivity index is 2.28. The minimum Gasteiger partial charge on any atom is -0.459 e. The molecule has 0 N–H and O–H groups in total. The van der Waals surface area contributed by atoms with E-state index in [1.165, 1.54) is 11.1 Å². The van der Waals surface area contributed by atoms with Crippen LogP contribution in [0, 0.1) is 0 Å². The molecule has 1 unspecified atom stereocenters. The summed E-state index contributed by atoms with van der Waals surface area (Å²) in [6.45, 7) is 10.6. The lowest BCUT2D eigenvalue weighted by Gasteiger charge is -2.26. The van der Waals surface area contributed by atoms with Gasteiger partial charge in [-0.05, 0) is 30.4 Å². The Bertz CT molecular complexity index is 449. The summed E-state index contributed by atoms with van der Waals surface area (Å²) in [4.78, 5) is 11.4. The molecule has 98 valence electrons. The molecule has 0 saturated carbocycles. The fourth-order valence-electron chi connectivity index (χ4n) is 2.55. The Labute approximate surface area is 109 Å². The van der Waals surface area contributed by atoms with Crippen LogP contribution in [0.5, 0.6) is 0 Å². The van der Waals surface area contributed by atoms with Gasteiger partial charge in [-0.2, -0.15) is 0 Å². The Morgan fingerprint density at radius 2 is 1.72 bits per heavy atom. The lowest BCUT2D eigenvalue weighted by molar-refractivity contribution is -0.146. The van der Waals surface area contributed by atoms with Crippen molar-refractivity contribution in [2.75, 3.05) is 0 Å². The molecule has 1 atom stereocenters. The maximum Gasteiger partial charge on any atom is 0.307 e. The van der Waals surface area contributed by atoms with Crippen LogP contribution in [-0.4, -0.2) is 11.6 Å². The first-order chi connectivity index (χ1) is 8.20. The van der Waals surface area contributed by atoms with Gasteiger partial charge in [0, 0.05) is 5.92 Å². The van der Waals surface area contributed by atoms with Gasteiger partial charge in [0.25, 0.3) is 0 Å². The molecule has 2 rings (SSSR count). The van der Waals surface area contributed by atoms with Gasteiger partial charge < -0.3 is 4.74 Å². The third-order valence-electron chi connectivity index (χ3n) is 3.77. The molecule has 1 aliphatic rings. The summed E-state index contributed by atoms with van der Waals surface area (Å²) in [5.41, 5.74) is 2.28. The quantitative estimate of drug-likeness (QED) is 0.705. The van der Waals surface area contributed by atoms with Crippen LogP contribution in [0.2, 0.25) is 0 Å². The van der Waals surface area contributed by atoms with Crippen molar-refractivity contribution in [2.24, 2.45) is 0 Å². The van der Waals surface area contributed by atoms with Gasteiger partial charge >= 0.3 is 5.97 Å². The zero-order valence-corrected chi connectivity index (χ0v) is 11.9. The predicted octanol–water partition coefficient (Wildman–Crippen LogP) is 3.79. The molecule has 0 aliphatic carbocycles. The van der Waals surface area contributed by atoms with Gasteiger partial charge in [0.05, 0.1) is 6.42 Å². The number of benzene rings is 1. The number of rotatable bonds is 1. The largest absolute Gasteiger partial charge is 0.459 e. The summed E-state index contributed by atoms with van der Waals surface area (Å²) in [5.74, 6) is 0.0731. The van der Waals surface area contributed by atoms with Gasteiger partial charge in [0.15, 0.2) is 0 Å². The van der Waals surface area contributed by atoms with Gasteiger partial charge in [0.2, 0.25) is 0 Å². The third kappa shape index (κ3) is 2.43. The Morgan fingerprint density at radius 1 is 1.17 bits per heavy atom. The molecule has 2 heteroatoms. The summed E-state index contributed by atoms with van der Waals surface area (Å²) in [5, 5.41) is 0. The molecule has 1 aromatic carbocycles. The van der Waals surface area contributed by atoms with E-state index in [4.69, 9.17) is 4.74 Å². The SMILES string of the molecule is CC(C)(C)c1ccc(C2CC(=O)OC2(C)C)cc1. The zero-order valence-electron chi connectivity index (χ0n) is 11.9. The van der Waals surface area contributed by atoms with Crippen molar-refractivity contribution >= 4 is 5.97 Å². The van der Waals surface area contributed by atoms with Gasteiger partial charge in [-0.3, -0.25) is 4.79 Å². The number of esters is 1. The maximum absolute atomic E-state index is 11.4. The Hall–Kier alpha value is -1.31. The average molecular weight is 246 g/mol. The minimum absolute atomic E-state index is 0.0927. The third-order valence-corrected chi connectivity index (χ3v) is 3.77. The highest BCUT2D eigenvalue weighted by Crippen LogP contribution is 2.40. The van der Waals surface area contributed by atoms with Crippen molar-refractivity contribution in [3.63, 3.8) is 0 Å². The van der Waals surface area contributed by atoms with Gasteiger partial charge in [0.1, 0.15) is 5.60 Å². The summed E-state index contributed by atoms with van der Waals surface area (Å²) >= 11 is 0. The molecule has 2 nitrogen and oxygen atoms in total. The smallest absolute Gasteiger partial charge is 0.307 e. The van der Waals surface area contributed by atoms with Crippen LogP contribution in [0.3, 0.4) is 0 Å². The molecule has 1 heterocycles. The fourth-order valence-corrected chi connectivity index (χ4v) is 2.55. The van der Waals surface area contributed by atoms with Gasteiger partial charge in [-0.25, -0.2) is 0 Å². The van der Waals surface area contributed by atoms with Crippen LogP contribution in [0.25, 0.3) is 0 Å². The number of hydrogen-bond donors (Lipinski definition) is 0. The van der Waals surface area contributed by atoms with Crippen molar-refractivity contribution in [3.8, 4) is 0 Å². The van der Waals surface area contributed by atoms with E-state index in [-0.39, 0.29) is 22.9 Å². The number of ether oxygens (including phenoxy) is 1. The predicted molar refractivity (Wildman–Crippen MR) is 72.7 cm³/mol. The van der Waals surface area contributed by atoms with E-state index in [1.54, 1.807) is 0 Å². The first-order valence-electron chi connectivity index (χ1n) is 6.52. The van der Waals surface area contributed by atoms with Crippen LogP contribution in [0.15, 0.2) is 24.3 Å². The molecule has 0 bridgehead atoms. The lowest BCUT2D eigenvalue weighted by Crippen LogP contribution is -2.25. The lowest BCUT2D eigenvalue weighted by atomic mass is 9.81. The van der Waals surface area contributed by atoms with E-state index < -0.39 is 0 Å². The molecular weight excluding hydrogens is 224 g/mol. The average Bonchev–Trinajstić information content (AvgIpc) is 2.51. The number of hydrogen-bond acceptors (Lipinski definition) is 2. The molecule has 1 aromatic rings. The molecule has 0 radical (unpaired) electrons. The van der Waals surface area contributed by atoms with Gasteiger partial charge in [-0.15, -0.1) is 0 Å².